The van der Waals surface area contributed by atoms with Crippen molar-refractivity contribution in [1.82, 2.24) is 0 Å². The predicted octanol–water partition coefficient (Wildman–Crippen LogP) is 3.66. The molecule has 3 aromatic rings. The minimum Gasteiger partial charge on any atom is -0.497 e. The monoisotopic (exact) mass is 500 g/mol. The molecule has 1 aliphatic rings. The topological polar surface area (TPSA) is 93.2 Å². The second-order valence-electron chi connectivity index (χ2n) is 7.48. The number of benzene rings is 3. The van der Waals surface area contributed by atoms with Gasteiger partial charge in [0.15, 0.2) is 0 Å². The van der Waals surface area contributed by atoms with Crippen molar-refractivity contribution in [2.24, 2.45) is 0 Å². The molecule has 0 bridgehead atoms. The first-order valence-corrected chi connectivity index (χ1v) is 13.2. The maximum atomic E-state index is 13.7. The van der Waals surface area contributed by atoms with Crippen molar-refractivity contribution >= 4 is 31.4 Å². The number of fused-ring (bicyclic) bond motifs is 1. The van der Waals surface area contributed by atoms with Gasteiger partial charge in [-0.15, -0.1) is 6.58 Å². The van der Waals surface area contributed by atoms with E-state index in [-0.39, 0.29) is 27.7 Å². The van der Waals surface area contributed by atoms with E-state index in [0.717, 1.165) is 0 Å². The van der Waals surface area contributed by atoms with Gasteiger partial charge in [0.25, 0.3) is 20.0 Å². The number of anilines is 2. The summed E-state index contributed by atoms with van der Waals surface area (Å²) in [5.41, 5.74) is 0.500. The van der Waals surface area contributed by atoms with Crippen LogP contribution in [0.1, 0.15) is 0 Å². The number of nitrogens with zero attached hydrogens (tertiary/aromatic N) is 2. The van der Waals surface area contributed by atoms with E-state index in [9.17, 15) is 16.8 Å². The quantitative estimate of drug-likeness (QED) is 0.460. The molecule has 0 amide bonds. The van der Waals surface area contributed by atoms with Gasteiger partial charge in [0.1, 0.15) is 11.5 Å². The van der Waals surface area contributed by atoms with Gasteiger partial charge in [-0.1, -0.05) is 18.2 Å². The van der Waals surface area contributed by atoms with Crippen LogP contribution in [0.2, 0.25) is 0 Å². The molecule has 178 valence electrons. The number of hydrogen-bond donors (Lipinski definition) is 0. The van der Waals surface area contributed by atoms with Crippen molar-refractivity contribution in [3.63, 3.8) is 0 Å². The lowest BCUT2D eigenvalue weighted by atomic mass is 10.1. The fourth-order valence-corrected chi connectivity index (χ4v) is 6.95. The number of rotatable bonds is 7. The number of methoxy groups -OCH3 is 2. The average Bonchev–Trinajstić information content (AvgIpc) is 2.87. The van der Waals surface area contributed by atoms with Crippen LogP contribution in [0, 0.1) is 0 Å². The first-order chi connectivity index (χ1) is 16.2. The summed E-state index contributed by atoms with van der Waals surface area (Å²) in [6, 6.07) is 17.8. The third-order valence-corrected chi connectivity index (χ3v) is 9.22. The van der Waals surface area contributed by atoms with Crippen LogP contribution >= 0.6 is 0 Å². The molecular formula is C24H24N2O6S2. The molecule has 34 heavy (non-hydrogen) atoms. The SMILES string of the molecule is C=C[C@@H]1CN(S(=O)(=O)c2ccc(OC)cc2)c2ccccc2N1S(=O)(=O)c1ccc(OC)cc1. The van der Waals surface area contributed by atoms with E-state index < -0.39 is 26.1 Å². The third kappa shape index (κ3) is 3.99. The Balaban J connectivity index is 1.83. The molecule has 0 aliphatic carbocycles. The van der Waals surface area contributed by atoms with Crippen molar-refractivity contribution < 1.29 is 26.3 Å². The Hall–Kier alpha value is -3.50. The van der Waals surface area contributed by atoms with Crippen LogP contribution in [-0.2, 0) is 20.0 Å². The highest BCUT2D eigenvalue weighted by atomic mass is 32.2. The molecule has 1 atom stereocenters. The molecule has 0 spiro atoms. The minimum absolute atomic E-state index is 0.0569. The van der Waals surface area contributed by atoms with Gasteiger partial charge in [0.05, 0.1) is 48.0 Å². The molecule has 0 radical (unpaired) electrons. The van der Waals surface area contributed by atoms with Crippen LogP contribution in [0.5, 0.6) is 11.5 Å². The van der Waals surface area contributed by atoms with Crippen molar-refractivity contribution in [1.29, 1.82) is 0 Å². The molecule has 1 heterocycles. The van der Waals surface area contributed by atoms with Crippen molar-refractivity contribution in [2.45, 2.75) is 15.8 Å². The lowest BCUT2D eigenvalue weighted by molar-refractivity contribution is 0.414. The van der Waals surface area contributed by atoms with E-state index in [1.807, 2.05) is 0 Å². The summed E-state index contributed by atoms with van der Waals surface area (Å²) in [6.07, 6.45) is 1.44. The van der Waals surface area contributed by atoms with E-state index in [2.05, 4.69) is 6.58 Å². The Kier molecular flexibility index (Phi) is 6.28. The number of hydrogen-bond acceptors (Lipinski definition) is 6. The van der Waals surface area contributed by atoms with Crippen LogP contribution < -0.4 is 18.1 Å². The van der Waals surface area contributed by atoms with Crippen molar-refractivity contribution in [2.75, 3.05) is 29.4 Å². The van der Waals surface area contributed by atoms with Crippen LogP contribution in [0.15, 0.2) is 95.2 Å². The van der Waals surface area contributed by atoms with Crippen LogP contribution in [0.4, 0.5) is 11.4 Å². The Morgan fingerprint density at radius 3 is 1.71 bits per heavy atom. The highest BCUT2D eigenvalue weighted by Crippen LogP contribution is 2.41. The molecule has 0 saturated carbocycles. The standard InChI is InChI=1S/C24H24N2O6S2/c1-4-18-17-25(33(27,28)21-13-9-19(31-2)10-14-21)23-7-5-6-8-24(23)26(18)34(29,30)22-15-11-20(32-3)12-16-22/h4-16,18H,1,17H2,2-3H3/t18-/m1/s1. The van der Waals surface area contributed by atoms with Gasteiger partial charge < -0.3 is 9.47 Å². The summed E-state index contributed by atoms with van der Waals surface area (Å²) in [6.45, 7) is 3.66. The summed E-state index contributed by atoms with van der Waals surface area (Å²) >= 11 is 0. The number of sulfonamides is 2. The van der Waals surface area contributed by atoms with Crippen LogP contribution in [0.3, 0.4) is 0 Å². The second kappa shape index (κ2) is 9.03. The van der Waals surface area contributed by atoms with Gasteiger partial charge in [-0.2, -0.15) is 0 Å². The van der Waals surface area contributed by atoms with Crippen LogP contribution in [0.25, 0.3) is 0 Å². The summed E-state index contributed by atoms with van der Waals surface area (Å²) < 4.78 is 67.2. The highest BCUT2D eigenvalue weighted by Gasteiger charge is 2.41. The molecule has 8 nitrogen and oxygen atoms in total. The van der Waals surface area contributed by atoms with E-state index in [0.29, 0.717) is 11.5 Å². The Morgan fingerprint density at radius 1 is 0.765 bits per heavy atom. The Bertz CT molecular complexity index is 1400. The zero-order valence-corrected chi connectivity index (χ0v) is 20.3. The Morgan fingerprint density at radius 2 is 1.24 bits per heavy atom. The molecular weight excluding hydrogens is 476 g/mol. The average molecular weight is 501 g/mol. The lowest BCUT2D eigenvalue weighted by Gasteiger charge is -2.41. The summed E-state index contributed by atoms with van der Waals surface area (Å²) in [4.78, 5) is 0.124. The number of para-hydroxylation sites is 2. The van der Waals surface area contributed by atoms with Gasteiger partial charge in [-0.25, -0.2) is 16.8 Å². The smallest absolute Gasteiger partial charge is 0.264 e. The first-order valence-electron chi connectivity index (χ1n) is 10.3. The maximum Gasteiger partial charge on any atom is 0.264 e. The normalized spacial score (nSPS) is 16.0. The van der Waals surface area contributed by atoms with Crippen LogP contribution in [-0.4, -0.2) is 43.6 Å². The molecule has 0 N–H and O–H groups in total. The maximum absolute atomic E-state index is 13.7. The Labute approximate surface area is 199 Å². The van der Waals surface area contributed by atoms with Crippen molar-refractivity contribution in [3.05, 3.63) is 85.5 Å². The minimum atomic E-state index is -4.04. The van der Waals surface area contributed by atoms with Gasteiger partial charge in [-0.05, 0) is 60.7 Å². The molecule has 0 unspecified atom stereocenters. The molecule has 0 saturated heterocycles. The van der Waals surface area contributed by atoms with E-state index >= 15 is 0 Å². The first kappa shape index (κ1) is 23.7. The largest absolute Gasteiger partial charge is 0.497 e. The van der Waals surface area contributed by atoms with Gasteiger partial charge in [0, 0.05) is 0 Å². The second-order valence-corrected chi connectivity index (χ2v) is 11.2. The number of ether oxygens (including phenoxy) is 2. The van der Waals surface area contributed by atoms with Gasteiger partial charge in [0.2, 0.25) is 0 Å². The summed E-state index contributed by atoms with van der Waals surface area (Å²) in [5, 5.41) is 0. The van der Waals surface area contributed by atoms with Gasteiger partial charge >= 0.3 is 0 Å². The van der Waals surface area contributed by atoms with E-state index in [1.165, 1.54) is 53.2 Å². The fraction of sp³-hybridized carbons (Fsp3) is 0.167. The molecule has 4 rings (SSSR count). The van der Waals surface area contributed by atoms with E-state index in [4.69, 9.17) is 9.47 Å². The van der Waals surface area contributed by atoms with Gasteiger partial charge in [-0.3, -0.25) is 8.61 Å². The summed E-state index contributed by atoms with van der Waals surface area (Å²) in [5.74, 6) is 1.05. The summed E-state index contributed by atoms with van der Waals surface area (Å²) in [7, 11) is -5.04. The van der Waals surface area contributed by atoms with Crippen molar-refractivity contribution in [3.8, 4) is 11.5 Å². The molecule has 0 fully saturated rings. The molecule has 10 heteroatoms. The lowest BCUT2D eigenvalue weighted by Crippen LogP contribution is -2.52. The fourth-order valence-electron chi connectivity index (χ4n) is 3.82. The molecule has 0 aromatic heterocycles. The molecule has 1 aliphatic heterocycles. The predicted molar refractivity (Wildman–Crippen MR) is 131 cm³/mol. The third-order valence-electron chi connectivity index (χ3n) is 5.58. The zero-order valence-electron chi connectivity index (χ0n) is 18.7. The molecule has 3 aromatic carbocycles. The van der Waals surface area contributed by atoms with E-state index in [1.54, 1.807) is 48.5 Å². The highest BCUT2D eigenvalue weighted by molar-refractivity contribution is 7.93. The zero-order chi connectivity index (χ0) is 24.5.